The Hall–Kier alpha value is -5.30. The van der Waals surface area contributed by atoms with Crippen LogP contribution in [-0.2, 0) is 16.1 Å². The van der Waals surface area contributed by atoms with Gasteiger partial charge in [0.15, 0.2) is 5.65 Å². The normalized spacial score (nSPS) is 17.8. The number of halogens is 1. The lowest BCUT2D eigenvalue weighted by molar-refractivity contribution is -0.134. The summed E-state index contributed by atoms with van der Waals surface area (Å²) in [6.45, 7) is 1.93. The topological polar surface area (TPSA) is 154 Å². The van der Waals surface area contributed by atoms with Gasteiger partial charge in [-0.25, -0.2) is 14.6 Å². The maximum absolute atomic E-state index is 14.5. The number of fused-ring (bicyclic) bond motifs is 1. The third-order valence-electron chi connectivity index (χ3n) is 8.35. The minimum atomic E-state index is -0.784. The van der Waals surface area contributed by atoms with Gasteiger partial charge in [0.1, 0.15) is 29.3 Å². The Morgan fingerprint density at radius 3 is 2.47 bits per heavy atom. The van der Waals surface area contributed by atoms with Crippen molar-refractivity contribution in [2.75, 3.05) is 18.8 Å². The van der Waals surface area contributed by atoms with E-state index >= 15 is 0 Å². The number of nitrogen functional groups attached to an aromatic ring is 1. The smallest absolute Gasteiger partial charge is 0.237 e. The van der Waals surface area contributed by atoms with Crippen LogP contribution in [0.3, 0.4) is 0 Å². The monoisotopic (exact) mass is 607 g/mol. The van der Waals surface area contributed by atoms with E-state index in [9.17, 15) is 14.0 Å². The van der Waals surface area contributed by atoms with Crippen molar-refractivity contribution in [1.82, 2.24) is 40.2 Å². The van der Waals surface area contributed by atoms with Crippen molar-refractivity contribution in [2.45, 2.75) is 44.2 Å². The number of anilines is 1. The molecule has 3 aromatic heterocycles. The Morgan fingerprint density at radius 2 is 1.71 bits per heavy atom. The Balaban J connectivity index is 1.07. The number of nitrogens with one attached hydrogen (secondary N) is 1. The molecule has 5 aromatic rings. The molecular formula is C32H30FN9O3. The van der Waals surface area contributed by atoms with E-state index in [1.54, 1.807) is 6.07 Å². The molecule has 1 atom stereocenters. The van der Waals surface area contributed by atoms with Crippen LogP contribution in [0.25, 0.3) is 22.3 Å². The summed E-state index contributed by atoms with van der Waals surface area (Å²) in [5.41, 5.74) is 9.36. The lowest BCUT2D eigenvalue weighted by Gasteiger charge is -2.32. The second kappa shape index (κ2) is 12.0. The molecule has 2 amide bonds. The summed E-state index contributed by atoms with van der Waals surface area (Å²) in [5.74, 6) is -0.563. The Bertz CT molecular complexity index is 1870. The minimum Gasteiger partial charge on any atom is -0.457 e. The molecule has 12 nitrogen and oxygen atoms in total. The zero-order valence-electron chi connectivity index (χ0n) is 24.3. The second-order valence-electron chi connectivity index (χ2n) is 11.3. The number of hydrogen-bond acceptors (Lipinski definition) is 10. The van der Waals surface area contributed by atoms with Crippen LogP contribution in [0.4, 0.5) is 10.2 Å². The fourth-order valence-corrected chi connectivity index (χ4v) is 6.05. The van der Waals surface area contributed by atoms with Crippen molar-refractivity contribution in [3.63, 3.8) is 0 Å². The molecule has 0 radical (unpaired) electrons. The third-order valence-corrected chi connectivity index (χ3v) is 8.35. The average molecular weight is 608 g/mol. The molecule has 2 aromatic carbocycles. The molecule has 13 heteroatoms. The van der Waals surface area contributed by atoms with Gasteiger partial charge in [0.25, 0.3) is 0 Å². The predicted octanol–water partition coefficient (Wildman–Crippen LogP) is 4.15. The van der Waals surface area contributed by atoms with Crippen molar-refractivity contribution >= 4 is 28.7 Å². The van der Waals surface area contributed by atoms with Gasteiger partial charge in [0.05, 0.1) is 23.0 Å². The number of rotatable bonds is 7. The molecule has 45 heavy (non-hydrogen) atoms. The van der Waals surface area contributed by atoms with Crippen LogP contribution in [0.15, 0.2) is 67.0 Å². The van der Waals surface area contributed by atoms with Crippen molar-refractivity contribution in [2.24, 2.45) is 0 Å². The van der Waals surface area contributed by atoms with Gasteiger partial charge in [-0.2, -0.15) is 14.6 Å². The minimum absolute atomic E-state index is 0.0748. The first-order valence-corrected chi connectivity index (χ1v) is 14.8. The fourth-order valence-electron chi connectivity index (χ4n) is 6.05. The van der Waals surface area contributed by atoms with Crippen LogP contribution in [0.5, 0.6) is 11.5 Å². The number of amides is 2. The van der Waals surface area contributed by atoms with Crippen LogP contribution < -0.4 is 15.8 Å². The Kier molecular flexibility index (Phi) is 7.59. The molecule has 2 saturated heterocycles. The van der Waals surface area contributed by atoms with Gasteiger partial charge < -0.3 is 10.5 Å². The van der Waals surface area contributed by atoms with Crippen LogP contribution >= 0.6 is 0 Å². The molecule has 2 fully saturated rings. The molecule has 2 aliphatic heterocycles. The van der Waals surface area contributed by atoms with Crippen LogP contribution in [0, 0.1) is 5.95 Å². The van der Waals surface area contributed by atoms with Gasteiger partial charge in [-0.15, -0.1) is 5.10 Å². The highest BCUT2D eigenvalue weighted by Crippen LogP contribution is 2.35. The third kappa shape index (κ3) is 5.81. The van der Waals surface area contributed by atoms with Crippen LogP contribution in [0.1, 0.15) is 48.9 Å². The first-order valence-electron chi connectivity index (χ1n) is 14.8. The van der Waals surface area contributed by atoms with Crippen molar-refractivity contribution in [3.8, 4) is 22.8 Å². The fraction of sp³-hybridized carbons (Fsp3) is 0.281. The number of ether oxygens (including phenoxy) is 1. The van der Waals surface area contributed by atoms with E-state index in [0.29, 0.717) is 40.5 Å². The summed E-state index contributed by atoms with van der Waals surface area (Å²) in [6.07, 6.45) is 3.45. The molecular weight excluding hydrogens is 577 g/mol. The maximum Gasteiger partial charge on any atom is 0.237 e. The SMILES string of the molecule is Nc1ncnc2c1c(-c1ccc(Oc3ccccc3)cc1)nn2C1CCN(Cc2cc(C3CCC(=O)NC3=O)c(F)nn2)CC1. The van der Waals surface area contributed by atoms with E-state index in [1.165, 1.54) is 6.33 Å². The first kappa shape index (κ1) is 28.5. The van der Waals surface area contributed by atoms with Crippen molar-refractivity contribution in [1.29, 1.82) is 0 Å². The number of piperidine rings is 2. The molecule has 3 N–H and O–H groups in total. The molecule has 5 heterocycles. The Labute approximate surface area is 257 Å². The summed E-state index contributed by atoms with van der Waals surface area (Å²) in [4.78, 5) is 34.9. The quantitative estimate of drug-likeness (QED) is 0.258. The highest BCUT2D eigenvalue weighted by molar-refractivity contribution is 6.01. The summed E-state index contributed by atoms with van der Waals surface area (Å²) in [5, 5.41) is 15.7. The van der Waals surface area contributed by atoms with Gasteiger partial charge in [-0.3, -0.25) is 19.8 Å². The molecule has 0 bridgehead atoms. The van der Waals surface area contributed by atoms with Gasteiger partial charge >= 0.3 is 0 Å². The molecule has 0 saturated carbocycles. The molecule has 228 valence electrons. The molecule has 2 aliphatic rings. The van der Waals surface area contributed by atoms with Crippen LogP contribution in [0.2, 0.25) is 0 Å². The van der Waals surface area contributed by atoms with Crippen molar-refractivity contribution < 1.29 is 18.7 Å². The van der Waals surface area contributed by atoms with Gasteiger partial charge in [-0.05, 0) is 61.7 Å². The highest BCUT2D eigenvalue weighted by atomic mass is 19.1. The summed E-state index contributed by atoms with van der Waals surface area (Å²) in [6, 6.07) is 19.0. The van der Waals surface area contributed by atoms with E-state index in [4.69, 9.17) is 15.6 Å². The van der Waals surface area contributed by atoms with E-state index in [-0.39, 0.29) is 30.4 Å². The lowest BCUT2D eigenvalue weighted by Crippen LogP contribution is -2.40. The number of benzene rings is 2. The number of carbonyl (C=O) groups is 2. The molecule has 1 unspecified atom stereocenters. The highest BCUT2D eigenvalue weighted by Gasteiger charge is 2.32. The van der Waals surface area contributed by atoms with E-state index in [2.05, 4.69) is 30.4 Å². The lowest BCUT2D eigenvalue weighted by atomic mass is 9.91. The number of hydrogen-bond donors (Lipinski definition) is 2. The molecule has 0 aliphatic carbocycles. The largest absolute Gasteiger partial charge is 0.457 e. The maximum atomic E-state index is 14.5. The van der Waals surface area contributed by atoms with Gasteiger partial charge in [-0.1, -0.05) is 18.2 Å². The average Bonchev–Trinajstić information content (AvgIpc) is 3.44. The van der Waals surface area contributed by atoms with E-state index < -0.39 is 17.8 Å². The zero-order chi connectivity index (χ0) is 30.9. The van der Waals surface area contributed by atoms with Crippen molar-refractivity contribution in [3.05, 3.63) is 84.2 Å². The van der Waals surface area contributed by atoms with E-state index in [1.807, 2.05) is 59.3 Å². The Morgan fingerprint density at radius 1 is 0.956 bits per heavy atom. The summed E-state index contributed by atoms with van der Waals surface area (Å²) in [7, 11) is 0. The number of likely N-dealkylation sites (tertiary alicyclic amines) is 1. The number of nitrogens with two attached hydrogens (primary N) is 1. The second-order valence-corrected chi connectivity index (χ2v) is 11.3. The predicted molar refractivity (Wildman–Crippen MR) is 162 cm³/mol. The zero-order valence-corrected chi connectivity index (χ0v) is 24.3. The van der Waals surface area contributed by atoms with Crippen LogP contribution in [-0.4, -0.2) is 59.7 Å². The summed E-state index contributed by atoms with van der Waals surface area (Å²) >= 11 is 0. The first-order chi connectivity index (χ1) is 21.9. The van der Waals surface area contributed by atoms with Gasteiger partial charge in [0.2, 0.25) is 17.8 Å². The number of imide groups is 1. The molecule has 7 rings (SSSR count). The number of para-hydroxylation sites is 1. The number of carbonyl (C=O) groups excluding carboxylic acids is 2. The van der Waals surface area contributed by atoms with Gasteiger partial charge in [0, 0.05) is 37.2 Å². The standard InChI is InChI=1S/C32H30FN9O3/c33-29-25(24-10-11-26(43)37-32(24)44)16-20(38-39-29)17-41-14-12-21(13-15-41)42-31-27(30(34)35-18-36-31)28(40-42)19-6-8-23(9-7-19)45-22-4-2-1-3-5-22/h1-9,16,18,21,24H,10-15,17H2,(H2,34,35,36)(H,37,43,44). The number of nitrogens with zero attached hydrogens (tertiary/aromatic N) is 7. The number of aromatic nitrogens is 6. The van der Waals surface area contributed by atoms with E-state index in [0.717, 1.165) is 37.2 Å². The molecule has 0 spiro atoms. The summed E-state index contributed by atoms with van der Waals surface area (Å²) < 4.78 is 22.4.